The largest absolute Gasteiger partial charge is 0.391 e. The molecule has 0 bridgehead atoms. The number of nitrogens with one attached hydrogen (secondary N) is 2. The summed E-state index contributed by atoms with van der Waals surface area (Å²) in [5.41, 5.74) is 1.72. The van der Waals surface area contributed by atoms with Crippen molar-refractivity contribution in [2.45, 2.75) is 91.0 Å². The summed E-state index contributed by atoms with van der Waals surface area (Å²) in [6, 6.07) is 3.75. The van der Waals surface area contributed by atoms with Gasteiger partial charge in [0.05, 0.1) is 17.7 Å². The highest BCUT2D eigenvalue weighted by molar-refractivity contribution is 5.94. The van der Waals surface area contributed by atoms with Gasteiger partial charge in [0.1, 0.15) is 11.9 Å². The molecule has 2 amide bonds. The van der Waals surface area contributed by atoms with Gasteiger partial charge in [-0.15, -0.1) is 0 Å². The first-order valence-electron chi connectivity index (χ1n) is 15.6. The van der Waals surface area contributed by atoms with Gasteiger partial charge < -0.3 is 25.5 Å². The van der Waals surface area contributed by atoms with E-state index in [1.165, 1.54) is 0 Å². The molecule has 3 saturated heterocycles. The minimum Gasteiger partial charge on any atom is -0.391 e. The quantitative estimate of drug-likeness (QED) is 0.418. The smallest absolute Gasteiger partial charge is 0.253 e. The maximum absolute atomic E-state index is 12.9. The molecule has 4 aliphatic heterocycles. The highest BCUT2D eigenvalue weighted by atomic mass is 16.3. The lowest BCUT2D eigenvalue weighted by atomic mass is 9.52. The molecular weight excluding hydrogens is 516 g/mol. The van der Waals surface area contributed by atoms with Crippen LogP contribution in [0.1, 0.15) is 77.1 Å². The van der Waals surface area contributed by atoms with Crippen molar-refractivity contribution in [3.05, 3.63) is 35.7 Å². The number of carbonyl (C=O) groups excluding carboxylic acids is 2. The van der Waals surface area contributed by atoms with Gasteiger partial charge in [0, 0.05) is 56.1 Å². The van der Waals surface area contributed by atoms with Crippen molar-refractivity contribution in [2.75, 3.05) is 44.2 Å². The molecule has 4 atom stereocenters. The van der Waals surface area contributed by atoms with Crippen molar-refractivity contribution in [3.63, 3.8) is 0 Å². The molecule has 0 aromatic carbocycles. The SMILES string of the molecule is CC1(C)CC(C)(C)C1NC(=O)c1ccc(N2CCN(CCCCC3=CC4(C)C(N3)C(=O)N3CC[C@@H](O)C34)CC2)nc1. The van der Waals surface area contributed by atoms with Crippen molar-refractivity contribution in [1.82, 2.24) is 25.4 Å². The summed E-state index contributed by atoms with van der Waals surface area (Å²) in [7, 11) is 0. The van der Waals surface area contributed by atoms with Crippen LogP contribution in [-0.4, -0.2) is 95.2 Å². The number of rotatable bonds is 8. The number of amides is 2. The van der Waals surface area contributed by atoms with E-state index in [1.807, 2.05) is 17.0 Å². The first-order chi connectivity index (χ1) is 19.4. The average Bonchev–Trinajstić information content (AvgIpc) is 3.54. The highest BCUT2D eigenvalue weighted by Gasteiger charge is 2.62. The summed E-state index contributed by atoms with van der Waals surface area (Å²) < 4.78 is 0. The Morgan fingerprint density at radius 2 is 1.80 bits per heavy atom. The molecule has 224 valence electrons. The number of nitrogens with zero attached hydrogens (tertiary/aromatic N) is 4. The van der Waals surface area contributed by atoms with E-state index in [-0.39, 0.29) is 46.2 Å². The minimum atomic E-state index is -0.421. The molecule has 9 nitrogen and oxygen atoms in total. The van der Waals surface area contributed by atoms with Gasteiger partial charge >= 0.3 is 0 Å². The monoisotopic (exact) mass is 564 g/mol. The molecule has 41 heavy (non-hydrogen) atoms. The summed E-state index contributed by atoms with van der Waals surface area (Å²) in [5, 5.41) is 17.2. The Labute approximate surface area is 244 Å². The molecule has 1 aromatic rings. The molecule has 6 rings (SSSR count). The number of hydrogen-bond acceptors (Lipinski definition) is 7. The number of hydrogen-bond donors (Lipinski definition) is 3. The number of aliphatic hydroxyl groups excluding tert-OH is 1. The minimum absolute atomic E-state index is 0.0368. The van der Waals surface area contributed by atoms with Crippen LogP contribution in [0.4, 0.5) is 5.82 Å². The van der Waals surface area contributed by atoms with Gasteiger partial charge in [0.15, 0.2) is 0 Å². The van der Waals surface area contributed by atoms with E-state index >= 15 is 0 Å². The molecule has 1 saturated carbocycles. The number of aliphatic hydroxyl groups is 1. The van der Waals surface area contributed by atoms with Crippen molar-refractivity contribution in [2.24, 2.45) is 16.2 Å². The Morgan fingerprint density at radius 1 is 1.07 bits per heavy atom. The van der Waals surface area contributed by atoms with Crippen LogP contribution in [0.2, 0.25) is 0 Å². The summed E-state index contributed by atoms with van der Waals surface area (Å²) in [5.74, 6) is 1.04. The molecule has 0 spiro atoms. The second kappa shape index (κ2) is 10.3. The molecule has 3 N–H and O–H groups in total. The Morgan fingerprint density at radius 3 is 2.46 bits per heavy atom. The van der Waals surface area contributed by atoms with Crippen LogP contribution in [0.3, 0.4) is 0 Å². The first kappa shape index (κ1) is 28.5. The molecule has 1 aliphatic carbocycles. The maximum atomic E-state index is 12.9. The van der Waals surface area contributed by atoms with E-state index < -0.39 is 6.10 Å². The van der Waals surface area contributed by atoms with E-state index in [4.69, 9.17) is 0 Å². The third-order valence-electron chi connectivity index (χ3n) is 10.6. The van der Waals surface area contributed by atoms with Crippen molar-refractivity contribution < 1.29 is 14.7 Å². The molecule has 4 fully saturated rings. The topological polar surface area (TPSA) is 101 Å². The van der Waals surface area contributed by atoms with Gasteiger partial charge in [-0.1, -0.05) is 40.7 Å². The zero-order valence-electron chi connectivity index (χ0n) is 25.4. The lowest BCUT2D eigenvalue weighted by Gasteiger charge is -2.57. The normalized spacial score (nSPS) is 32.3. The van der Waals surface area contributed by atoms with Gasteiger partial charge in [-0.2, -0.15) is 0 Å². The fraction of sp³-hybridized carbons (Fsp3) is 0.719. The Bertz CT molecular complexity index is 1190. The molecule has 5 aliphatic rings. The number of pyridine rings is 1. The Kier molecular flexibility index (Phi) is 7.13. The van der Waals surface area contributed by atoms with E-state index in [9.17, 15) is 14.7 Å². The van der Waals surface area contributed by atoms with Crippen molar-refractivity contribution >= 4 is 17.6 Å². The van der Waals surface area contributed by atoms with Gasteiger partial charge in [-0.25, -0.2) is 4.98 Å². The molecule has 5 heterocycles. The summed E-state index contributed by atoms with van der Waals surface area (Å²) in [6.07, 6.45) is 8.47. The fourth-order valence-corrected chi connectivity index (χ4v) is 8.98. The number of fused-ring (bicyclic) bond motifs is 3. The summed E-state index contributed by atoms with van der Waals surface area (Å²) >= 11 is 0. The van der Waals surface area contributed by atoms with Gasteiger partial charge in [-0.05, 0) is 61.6 Å². The van der Waals surface area contributed by atoms with Crippen LogP contribution in [0.15, 0.2) is 30.1 Å². The van der Waals surface area contributed by atoms with Gasteiger partial charge in [0.25, 0.3) is 5.91 Å². The van der Waals surface area contributed by atoms with Crippen LogP contribution in [0, 0.1) is 16.2 Å². The third kappa shape index (κ3) is 5.03. The Hall–Kier alpha value is -2.65. The molecular formula is C32H48N6O3. The predicted molar refractivity (Wildman–Crippen MR) is 159 cm³/mol. The van der Waals surface area contributed by atoms with Crippen LogP contribution in [0.5, 0.6) is 0 Å². The van der Waals surface area contributed by atoms with Crippen molar-refractivity contribution in [1.29, 1.82) is 0 Å². The van der Waals surface area contributed by atoms with E-state index in [1.54, 1.807) is 6.20 Å². The molecule has 0 radical (unpaired) electrons. The molecule has 1 aromatic heterocycles. The van der Waals surface area contributed by atoms with E-state index in [2.05, 4.69) is 66.1 Å². The van der Waals surface area contributed by atoms with Gasteiger partial charge in [0.2, 0.25) is 5.91 Å². The average molecular weight is 565 g/mol. The fourth-order valence-electron chi connectivity index (χ4n) is 8.98. The highest BCUT2D eigenvalue weighted by Crippen LogP contribution is 2.53. The van der Waals surface area contributed by atoms with Crippen LogP contribution in [-0.2, 0) is 4.79 Å². The lowest BCUT2D eigenvalue weighted by molar-refractivity contribution is -0.129. The molecule has 9 heteroatoms. The van der Waals surface area contributed by atoms with Crippen LogP contribution in [0.25, 0.3) is 0 Å². The molecule has 3 unspecified atom stereocenters. The summed E-state index contributed by atoms with van der Waals surface area (Å²) in [6.45, 7) is 16.6. The second-order valence-electron chi connectivity index (χ2n) is 14.7. The summed E-state index contributed by atoms with van der Waals surface area (Å²) in [4.78, 5) is 37.1. The zero-order chi connectivity index (χ0) is 29.2. The number of anilines is 1. The number of aromatic nitrogens is 1. The number of carbonyl (C=O) groups is 2. The third-order valence-corrected chi connectivity index (χ3v) is 10.6. The predicted octanol–water partition coefficient (Wildman–Crippen LogP) is 2.77. The second-order valence-corrected chi connectivity index (χ2v) is 14.7. The maximum Gasteiger partial charge on any atom is 0.253 e. The van der Waals surface area contributed by atoms with Crippen molar-refractivity contribution in [3.8, 4) is 0 Å². The standard InChI is InChI=1S/C32H48N6O3/c1-30(2)20-31(3,4)29(30)35-27(40)21-9-10-24(33-19-21)37-16-14-36(15-17-37)12-7-6-8-22-18-32(5)25(34-22)28(41)38-13-11-23(39)26(32)38/h9-10,18-19,23,25-26,29,34,39H,6-8,11-17,20H2,1-5H3,(H,35,40)/t23-,25?,26?,32?/m1/s1. The van der Waals surface area contributed by atoms with Gasteiger partial charge in [-0.3, -0.25) is 14.5 Å². The van der Waals surface area contributed by atoms with Crippen LogP contribution >= 0.6 is 0 Å². The Balaban J connectivity index is 0.925. The van der Waals surface area contributed by atoms with E-state index in [0.717, 1.165) is 69.9 Å². The zero-order valence-corrected chi connectivity index (χ0v) is 25.4. The van der Waals surface area contributed by atoms with E-state index in [0.29, 0.717) is 18.5 Å². The number of allylic oxidation sites excluding steroid dienone is 1. The lowest BCUT2D eigenvalue weighted by Crippen LogP contribution is -2.63. The number of unbranched alkanes of at least 4 members (excludes halogenated alkanes) is 1. The number of piperazine rings is 1. The first-order valence-corrected chi connectivity index (χ1v) is 15.6. The van der Waals surface area contributed by atoms with Crippen LogP contribution < -0.4 is 15.5 Å².